The maximum Gasteiger partial charge on any atom is 0.224 e. The fourth-order valence-corrected chi connectivity index (χ4v) is 4.54. The highest BCUT2D eigenvalue weighted by molar-refractivity contribution is 5.82. The van der Waals surface area contributed by atoms with Crippen LogP contribution in [0.5, 0.6) is 0 Å². The number of likely N-dealkylation sites (N-methyl/N-ethyl adjacent to an activating group) is 2. The smallest absolute Gasteiger partial charge is 0.224 e. The molecular weight excluding hydrogens is 512 g/mol. The molecule has 1 unspecified atom stereocenters. The fourth-order valence-electron chi connectivity index (χ4n) is 4.54. The Morgan fingerprint density at radius 1 is 0.902 bits per heavy atom. The summed E-state index contributed by atoms with van der Waals surface area (Å²) < 4.78 is 6.37. The quantitative estimate of drug-likeness (QED) is 0.180. The molecule has 0 bridgehead atoms. The van der Waals surface area contributed by atoms with Gasteiger partial charge in [-0.05, 0) is 48.8 Å². The molecule has 0 aliphatic carbocycles. The highest BCUT2D eigenvalue weighted by atomic mass is 16.5. The molecule has 0 fully saturated rings. The molecule has 0 saturated carbocycles. The molecule has 0 aliphatic rings. The molecule has 1 heterocycles. The molecule has 4 rings (SSSR count). The summed E-state index contributed by atoms with van der Waals surface area (Å²) in [5, 5.41) is 6.48. The van der Waals surface area contributed by atoms with Crippen molar-refractivity contribution >= 4 is 23.7 Å². The molecule has 8 heteroatoms. The van der Waals surface area contributed by atoms with E-state index < -0.39 is 0 Å². The maximum atomic E-state index is 11.7. The average Bonchev–Trinajstić information content (AvgIpc) is 3.03. The monoisotopic (exact) mass is 552 g/mol. The molecule has 0 amide bonds. The number of nitrogens with one attached hydrogen (secondary N) is 2. The van der Waals surface area contributed by atoms with Crippen molar-refractivity contribution in [1.82, 2.24) is 15.3 Å². The standard InChI is InChI=1S/C33H40N6O2/c1-34-18-17-31(28-14-8-5-9-15-28)41-25-27-13-10-16-30(21-27)38(2)19-20-39(3)32-29(24-40)23-36-33(37-32)35-22-26-11-6-4-7-12-26/h4-16,21,23-24,31,34H,17-20,22,25H2,1-3H3,(H,35,36,37). The van der Waals surface area contributed by atoms with Crippen LogP contribution in [-0.4, -0.2) is 57.0 Å². The van der Waals surface area contributed by atoms with Gasteiger partial charge >= 0.3 is 0 Å². The number of rotatable bonds is 16. The van der Waals surface area contributed by atoms with Gasteiger partial charge in [-0.15, -0.1) is 0 Å². The first-order valence-corrected chi connectivity index (χ1v) is 14.0. The predicted octanol–water partition coefficient (Wildman–Crippen LogP) is 5.34. The highest BCUT2D eigenvalue weighted by Gasteiger charge is 2.14. The summed E-state index contributed by atoms with van der Waals surface area (Å²) in [4.78, 5) is 24.9. The van der Waals surface area contributed by atoms with Gasteiger partial charge in [-0.2, -0.15) is 4.98 Å². The van der Waals surface area contributed by atoms with Gasteiger partial charge in [0.05, 0.1) is 18.3 Å². The molecular formula is C33H40N6O2. The Bertz CT molecular complexity index is 1350. The Kier molecular flexibility index (Phi) is 11.2. The topological polar surface area (TPSA) is 82.6 Å². The molecule has 0 aliphatic heterocycles. The molecule has 2 N–H and O–H groups in total. The van der Waals surface area contributed by atoms with Gasteiger partial charge in [0.2, 0.25) is 5.95 Å². The van der Waals surface area contributed by atoms with Crippen LogP contribution in [0.1, 0.15) is 39.6 Å². The van der Waals surface area contributed by atoms with Gasteiger partial charge < -0.3 is 25.2 Å². The Morgan fingerprint density at radius 3 is 2.34 bits per heavy atom. The Balaban J connectivity index is 1.35. The van der Waals surface area contributed by atoms with Gasteiger partial charge in [-0.1, -0.05) is 72.8 Å². The minimum atomic E-state index is 0.0330. The van der Waals surface area contributed by atoms with E-state index in [1.807, 2.05) is 55.4 Å². The van der Waals surface area contributed by atoms with Crippen molar-refractivity contribution in [2.24, 2.45) is 0 Å². The molecule has 3 aromatic carbocycles. The van der Waals surface area contributed by atoms with E-state index in [2.05, 4.69) is 81.1 Å². The van der Waals surface area contributed by atoms with Gasteiger partial charge in [0.1, 0.15) is 5.82 Å². The third kappa shape index (κ3) is 8.86. The van der Waals surface area contributed by atoms with E-state index in [1.165, 1.54) is 5.56 Å². The summed E-state index contributed by atoms with van der Waals surface area (Å²) in [6, 6.07) is 28.9. The van der Waals surface area contributed by atoms with E-state index in [0.717, 1.165) is 42.6 Å². The molecule has 1 aromatic heterocycles. The summed E-state index contributed by atoms with van der Waals surface area (Å²) in [5.74, 6) is 1.10. The molecule has 0 radical (unpaired) electrons. The Labute approximate surface area is 243 Å². The number of ether oxygens (including phenoxy) is 1. The Morgan fingerprint density at radius 2 is 1.61 bits per heavy atom. The van der Waals surface area contributed by atoms with E-state index in [1.54, 1.807) is 6.20 Å². The third-order valence-corrected chi connectivity index (χ3v) is 6.98. The van der Waals surface area contributed by atoms with E-state index >= 15 is 0 Å². The van der Waals surface area contributed by atoms with Crippen LogP contribution in [0.3, 0.4) is 0 Å². The first-order chi connectivity index (χ1) is 20.1. The lowest BCUT2D eigenvalue weighted by Gasteiger charge is -2.26. The second-order valence-electron chi connectivity index (χ2n) is 10.0. The fraction of sp³-hybridized carbons (Fsp3) is 0.303. The molecule has 4 aromatic rings. The first-order valence-electron chi connectivity index (χ1n) is 14.0. The van der Waals surface area contributed by atoms with Crippen molar-refractivity contribution in [3.63, 3.8) is 0 Å². The van der Waals surface area contributed by atoms with Crippen LogP contribution in [0.15, 0.2) is 91.1 Å². The minimum absolute atomic E-state index is 0.0330. The lowest BCUT2D eigenvalue weighted by Crippen LogP contribution is -2.32. The zero-order valence-electron chi connectivity index (χ0n) is 24.2. The number of carbonyl (C=O) groups excluding carboxylic acids is 1. The molecule has 214 valence electrons. The van der Waals surface area contributed by atoms with Crippen LogP contribution < -0.4 is 20.4 Å². The lowest BCUT2D eigenvalue weighted by atomic mass is 10.1. The van der Waals surface area contributed by atoms with Crippen LogP contribution in [0.25, 0.3) is 0 Å². The average molecular weight is 553 g/mol. The minimum Gasteiger partial charge on any atom is -0.373 e. The van der Waals surface area contributed by atoms with Gasteiger partial charge in [0, 0.05) is 45.6 Å². The number of hydrogen-bond donors (Lipinski definition) is 2. The zero-order chi connectivity index (χ0) is 28.9. The predicted molar refractivity (Wildman–Crippen MR) is 167 cm³/mol. The summed E-state index contributed by atoms with van der Waals surface area (Å²) in [6.45, 7) is 3.44. The number of anilines is 3. The largest absolute Gasteiger partial charge is 0.373 e. The highest BCUT2D eigenvalue weighted by Crippen LogP contribution is 2.24. The van der Waals surface area contributed by atoms with Crippen LogP contribution in [0.4, 0.5) is 17.5 Å². The van der Waals surface area contributed by atoms with Crippen molar-refractivity contribution in [2.75, 3.05) is 55.9 Å². The van der Waals surface area contributed by atoms with Crippen LogP contribution >= 0.6 is 0 Å². The van der Waals surface area contributed by atoms with Crippen LogP contribution in [-0.2, 0) is 17.9 Å². The van der Waals surface area contributed by atoms with Crippen molar-refractivity contribution in [3.05, 3.63) is 113 Å². The zero-order valence-corrected chi connectivity index (χ0v) is 24.2. The SMILES string of the molecule is CNCCC(OCc1cccc(N(C)CCN(C)c2nc(NCc3ccccc3)ncc2C=O)c1)c1ccccc1. The molecule has 0 saturated heterocycles. The van der Waals surface area contributed by atoms with Crippen LogP contribution in [0.2, 0.25) is 0 Å². The van der Waals surface area contributed by atoms with Crippen molar-refractivity contribution in [1.29, 1.82) is 0 Å². The second kappa shape index (κ2) is 15.5. The van der Waals surface area contributed by atoms with E-state index in [-0.39, 0.29) is 6.10 Å². The van der Waals surface area contributed by atoms with Gasteiger partial charge in [-0.25, -0.2) is 4.98 Å². The number of aldehydes is 1. The van der Waals surface area contributed by atoms with Crippen LogP contribution in [0, 0.1) is 0 Å². The molecule has 41 heavy (non-hydrogen) atoms. The number of benzene rings is 3. The number of nitrogens with zero attached hydrogens (tertiary/aromatic N) is 4. The normalized spacial score (nSPS) is 11.6. The van der Waals surface area contributed by atoms with Gasteiger partial charge in [0.25, 0.3) is 0 Å². The first kappa shape index (κ1) is 29.7. The van der Waals surface area contributed by atoms with Crippen molar-refractivity contribution in [2.45, 2.75) is 25.7 Å². The number of aromatic nitrogens is 2. The van der Waals surface area contributed by atoms with Crippen molar-refractivity contribution < 1.29 is 9.53 Å². The number of carbonyl (C=O) groups is 1. The van der Waals surface area contributed by atoms with E-state index in [0.29, 0.717) is 37.0 Å². The van der Waals surface area contributed by atoms with Gasteiger partial charge in [0.15, 0.2) is 6.29 Å². The Hall–Kier alpha value is -4.27. The molecule has 0 spiro atoms. The van der Waals surface area contributed by atoms with E-state index in [9.17, 15) is 4.79 Å². The summed E-state index contributed by atoms with van der Waals surface area (Å²) in [5.41, 5.74) is 5.02. The van der Waals surface area contributed by atoms with Crippen molar-refractivity contribution in [3.8, 4) is 0 Å². The second-order valence-corrected chi connectivity index (χ2v) is 10.0. The number of hydrogen-bond acceptors (Lipinski definition) is 8. The van der Waals surface area contributed by atoms with E-state index in [4.69, 9.17) is 4.74 Å². The summed E-state index contributed by atoms with van der Waals surface area (Å²) in [6.07, 6.45) is 3.32. The lowest BCUT2D eigenvalue weighted by molar-refractivity contribution is 0.0344. The molecule has 8 nitrogen and oxygen atoms in total. The maximum absolute atomic E-state index is 11.7. The third-order valence-electron chi connectivity index (χ3n) is 6.98. The van der Waals surface area contributed by atoms with Gasteiger partial charge in [-0.3, -0.25) is 4.79 Å². The summed E-state index contributed by atoms with van der Waals surface area (Å²) in [7, 11) is 5.98. The molecule has 1 atom stereocenters. The summed E-state index contributed by atoms with van der Waals surface area (Å²) >= 11 is 0.